The van der Waals surface area contributed by atoms with Crippen molar-refractivity contribution in [1.82, 2.24) is 0 Å². The van der Waals surface area contributed by atoms with Gasteiger partial charge in [0.05, 0.1) is 0 Å². The van der Waals surface area contributed by atoms with E-state index in [1.165, 1.54) is 13.8 Å². The smallest absolute Gasteiger partial charge is 0.133 e. The molecule has 0 aromatic heterocycles. The highest BCUT2D eigenvalue weighted by molar-refractivity contribution is 5.85. The number of ketones is 4. The summed E-state index contributed by atoms with van der Waals surface area (Å²) < 4.78 is 0. The first kappa shape index (κ1) is 18.7. The van der Waals surface area contributed by atoms with Crippen LogP contribution < -0.4 is 0 Å². The van der Waals surface area contributed by atoms with Crippen molar-refractivity contribution in [2.75, 3.05) is 0 Å². The molecule has 0 heterocycles. The van der Waals surface area contributed by atoms with Gasteiger partial charge in [-0.1, -0.05) is 12.8 Å². The summed E-state index contributed by atoms with van der Waals surface area (Å²) in [6, 6.07) is 0. The maximum absolute atomic E-state index is 11.4. The maximum atomic E-state index is 11.4. The molecular weight excluding hydrogens is 256 g/mol. The summed E-state index contributed by atoms with van der Waals surface area (Å²) in [4.78, 5) is 44.2. The second-order valence-electron chi connectivity index (χ2n) is 5.40. The van der Waals surface area contributed by atoms with Crippen LogP contribution in [0.1, 0.15) is 78.1 Å². The second kappa shape index (κ2) is 11.5. The van der Waals surface area contributed by atoms with Crippen LogP contribution in [0.2, 0.25) is 0 Å². The molecular formula is C16H26O4. The second-order valence-corrected chi connectivity index (χ2v) is 5.40. The van der Waals surface area contributed by atoms with Gasteiger partial charge in [-0.15, -0.1) is 0 Å². The lowest BCUT2D eigenvalue weighted by atomic mass is 10.0. The zero-order chi connectivity index (χ0) is 15.4. The quantitative estimate of drug-likeness (QED) is 0.486. The molecule has 0 fully saturated rings. The lowest BCUT2D eigenvalue weighted by Crippen LogP contribution is -2.02. The summed E-state index contributed by atoms with van der Waals surface area (Å²) in [7, 11) is 0. The third-order valence-electron chi connectivity index (χ3n) is 3.17. The summed E-state index contributed by atoms with van der Waals surface area (Å²) in [6.07, 6.45) is 6.02. The third kappa shape index (κ3) is 13.1. The standard InChI is InChI=1S/C16H26O4/c1-13(17)9-11-15(19)7-5-3-4-6-8-16(20)12-10-14(2)18/h3-12H2,1-2H3. The van der Waals surface area contributed by atoms with Gasteiger partial charge in [0.25, 0.3) is 0 Å². The van der Waals surface area contributed by atoms with E-state index >= 15 is 0 Å². The zero-order valence-electron chi connectivity index (χ0n) is 12.7. The van der Waals surface area contributed by atoms with Crippen LogP contribution in [0.5, 0.6) is 0 Å². The molecule has 0 aliphatic heterocycles. The molecule has 0 aromatic rings. The lowest BCUT2D eigenvalue weighted by Gasteiger charge is -2.01. The van der Waals surface area contributed by atoms with Gasteiger partial charge in [0.15, 0.2) is 0 Å². The number of hydrogen-bond donors (Lipinski definition) is 0. The van der Waals surface area contributed by atoms with E-state index in [2.05, 4.69) is 0 Å². The van der Waals surface area contributed by atoms with Crippen molar-refractivity contribution in [3.63, 3.8) is 0 Å². The summed E-state index contributed by atoms with van der Waals surface area (Å²) in [5, 5.41) is 0. The minimum Gasteiger partial charge on any atom is -0.300 e. The van der Waals surface area contributed by atoms with Crippen molar-refractivity contribution in [2.45, 2.75) is 78.1 Å². The van der Waals surface area contributed by atoms with Gasteiger partial charge in [0.1, 0.15) is 23.1 Å². The van der Waals surface area contributed by atoms with Gasteiger partial charge in [0, 0.05) is 38.5 Å². The Morgan fingerprint density at radius 1 is 0.500 bits per heavy atom. The highest BCUT2D eigenvalue weighted by atomic mass is 16.1. The van der Waals surface area contributed by atoms with Gasteiger partial charge in [-0.3, -0.25) is 9.59 Å². The van der Waals surface area contributed by atoms with Crippen LogP contribution in [0.4, 0.5) is 0 Å². The molecule has 0 rings (SSSR count). The molecule has 0 unspecified atom stereocenters. The first-order valence-electron chi connectivity index (χ1n) is 7.44. The maximum Gasteiger partial charge on any atom is 0.133 e. The predicted octanol–water partition coefficient (Wildman–Crippen LogP) is 3.20. The summed E-state index contributed by atoms with van der Waals surface area (Å²) in [5.41, 5.74) is 0. The fraction of sp³-hybridized carbons (Fsp3) is 0.750. The fourth-order valence-electron chi connectivity index (χ4n) is 1.88. The van der Waals surface area contributed by atoms with E-state index in [0.717, 1.165) is 25.7 Å². The number of unbranched alkanes of at least 4 members (excludes halogenated alkanes) is 3. The summed E-state index contributed by atoms with van der Waals surface area (Å²) in [5.74, 6) is 0.417. The Hall–Kier alpha value is -1.32. The SMILES string of the molecule is CC(=O)CCC(=O)CCCCCCC(=O)CCC(C)=O. The van der Waals surface area contributed by atoms with Gasteiger partial charge >= 0.3 is 0 Å². The number of hydrogen-bond acceptors (Lipinski definition) is 4. The van der Waals surface area contributed by atoms with Crippen LogP contribution in [0.15, 0.2) is 0 Å². The molecule has 0 aliphatic carbocycles. The molecule has 0 saturated carbocycles. The highest BCUT2D eigenvalue weighted by Crippen LogP contribution is 2.09. The van der Waals surface area contributed by atoms with E-state index in [1.807, 2.05) is 0 Å². The van der Waals surface area contributed by atoms with E-state index in [1.54, 1.807) is 0 Å². The van der Waals surface area contributed by atoms with Gasteiger partial charge in [-0.25, -0.2) is 0 Å². The van der Waals surface area contributed by atoms with Gasteiger partial charge in [-0.2, -0.15) is 0 Å². The summed E-state index contributed by atoms with van der Waals surface area (Å²) >= 11 is 0. The molecule has 0 amide bonds. The van der Waals surface area contributed by atoms with Crippen LogP contribution >= 0.6 is 0 Å². The number of carbonyl (C=O) groups is 4. The van der Waals surface area contributed by atoms with E-state index in [4.69, 9.17) is 0 Å². The lowest BCUT2D eigenvalue weighted by molar-refractivity contribution is -0.123. The zero-order valence-corrected chi connectivity index (χ0v) is 12.7. The van der Waals surface area contributed by atoms with Crippen molar-refractivity contribution in [1.29, 1.82) is 0 Å². The molecule has 20 heavy (non-hydrogen) atoms. The number of Topliss-reactive ketones (excluding diaryl/α,β-unsaturated/α-hetero) is 4. The van der Waals surface area contributed by atoms with E-state index < -0.39 is 0 Å². The van der Waals surface area contributed by atoms with Crippen LogP contribution in [-0.2, 0) is 19.2 Å². The Morgan fingerprint density at radius 3 is 1.15 bits per heavy atom. The molecule has 114 valence electrons. The first-order chi connectivity index (χ1) is 9.41. The van der Waals surface area contributed by atoms with Crippen molar-refractivity contribution >= 4 is 23.1 Å². The normalized spacial score (nSPS) is 10.3. The Balaban J connectivity index is 3.39. The third-order valence-corrected chi connectivity index (χ3v) is 3.17. The average Bonchev–Trinajstić information content (AvgIpc) is 2.37. The summed E-state index contributed by atoms with van der Waals surface area (Å²) in [6.45, 7) is 2.99. The molecule has 0 bridgehead atoms. The van der Waals surface area contributed by atoms with E-state index in [-0.39, 0.29) is 23.1 Å². The topological polar surface area (TPSA) is 68.3 Å². The molecule has 0 spiro atoms. The van der Waals surface area contributed by atoms with Crippen molar-refractivity contribution in [3.05, 3.63) is 0 Å². The monoisotopic (exact) mass is 282 g/mol. The minimum absolute atomic E-state index is 0.0578. The Bertz CT molecular complexity index is 310. The van der Waals surface area contributed by atoms with Gasteiger partial charge in [0.2, 0.25) is 0 Å². The van der Waals surface area contributed by atoms with Crippen molar-refractivity contribution < 1.29 is 19.2 Å². The van der Waals surface area contributed by atoms with E-state index in [9.17, 15) is 19.2 Å². The first-order valence-corrected chi connectivity index (χ1v) is 7.44. The van der Waals surface area contributed by atoms with Crippen LogP contribution in [0.3, 0.4) is 0 Å². The van der Waals surface area contributed by atoms with Crippen molar-refractivity contribution in [3.8, 4) is 0 Å². The molecule has 0 aromatic carbocycles. The van der Waals surface area contributed by atoms with E-state index in [0.29, 0.717) is 38.5 Å². The molecule has 4 heteroatoms. The molecule has 0 N–H and O–H groups in total. The Kier molecular flexibility index (Phi) is 10.7. The van der Waals surface area contributed by atoms with Crippen LogP contribution in [0.25, 0.3) is 0 Å². The van der Waals surface area contributed by atoms with Crippen LogP contribution in [0, 0.1) is 0 Å². The molecule has 4 nitrogen and oxygen atoms in total. The Labute approximate surface area is 121 Å². The minimum atomic E-state index is 0.0578. The van der Waals surface area contributed by atoms with Crippen LogP contribution in [-0.4, -0.2) is 23.1 Å². The van der Waals surface area contributed by atoms with Crippen molar-refractivity contribution in [2.24, 2.45) is 0 Å². The molecule has 0 radical (unpaired) electrons. The predicted molar refractivity (Wildman–Crippen MR) is 77.5 cm³/mol. The average molecular weight is 282 g/mol. The number of rotatable bonds is 13. The number of carbonyl (C=O) groups excluding carboxylic acids is 4. The molecule has 0 atom stereocenters. The molecule has 0 aliphatic rings. The fourth-order valence-corrected chi connectivity index (χ4v) is 1.88. The Morgan fingerprint density at radius 2 is 0.850 bits per heavy atom. The van der Waals surface area contributed by atoms with Gasteiger partial charge in [-0.05, 0) is 26.7 Å². The molecule has 0 saturated heterocycles. The van der Waals surface area contributed by atoms with Gasteiger partial charge < -0.3 is 9.59 Å². The highest BCUT2D eigenvalue weighted by Gasteiger charge is 2.05. The largest absolute Gasteiger partial charge is 0.300 e.